The Morgan fingerprint density at radius 3 is 1.71 bits per heavy atom. The van der Waals surface area contributed by atoms with Crippen molar-refractivity contribution in [2.75, 3.05) is 50.8 Å². The highest BCUT2D eigenvalue weighted by molar-refractivity contribution is 8.76. The van der Waals surface area contributed by atoms with Crippen LogP contribution in [-0.4, -0.2) is 203 Å². The molecule has 10 atom stereocenters. The van der Waals surface area contributed by atoms with Crippen molar-refractivity contribution in [3.63, 3.8) is 0 Å². The molecule has 2 saturated heterocycles. The second-order valence-corrected chi connectivity index (χ2v) is 26.4. The highest BCUT2D eigenvalue weighted by atomic mass is 33.1. The maximum atomic E-state index is 15.1. The SMILES string of the molecule is NCCCC[C@@H]1NC(=O)[C@@H](NC(=O)[C@H](CCCN=C(N)N)NC(=O)[C@H](CCCN=C(N)N)NC(=O)[C@@H](N)Cc2ccc3ccccc3c2)CSSC[C@@H](C(=O)N[C@@H](CCCN=C(N)N)C(=O)O)NC(=O)[C@H](Cc2ccc(O)cc2)NC(=O)[C@@H]2CCCN2C(=O)[C@@H](CCCCN)NC1=O. The summed E-state index contributed by atoms with van der Waals surface area (Å²) in [4.78, 5) is 158. The fourth-order valence-corrected chi connectivity index (χ4v) is 13.2. The van der Waals surface area contributed by atoms with E-state index >= 15 is 4.79 Å². The Morgan fingerprint density at radius 1 is 0.582 bits per heavy atom. The van der Waals surface area contributed by atoms with Gasteiger partial charge in [-0.15, -0.1) is 0 Å². The number of nitrogens with two attached hydrogens (primary N) is 9. The number of unbranched alkanes of at least 4 members (excludes halogenated alkanes) is 2. The first-order valence-corrected chi connectivity index (χ1v) is 35.1. The number of hydrogen-bond donors (Lipinski definition) is 19. The van der Waals surface area contributed by atoms with E-state index in [0.29, 0.717) is 37.7 Å². The molecule has 35 heteroatoms. The number of phenolic OH excluding ortho intramolecular Hbond substituents is 1. The van der Waals surface area contributed by atoms with Gasteiger partial charge in [0, 0.05) is 44.1 Å². The van der Waals surface area contributed by atoms with Gasteiger partial charge in [-0.3, -0.25) is 58.1 Å². The van der Waals surface area contributed by atoms with Crippen LogP contribution in [0.4, 0.5) is 0 Å². The van der Waals surface area contributed by atoms with E-state index in [-0.39, 0.29) is 145 Å². The summed E-state index contributed by atoms with van der Waals surface area (Å²) < 4.78 is 0. The lowest BCUT2D eigenvalue weighted by atomic mass is 10.0. The molecule has 0 radical (unpaired) electrons. The summed E-state index contributed by atoms with van der Waals surface area (Å²) in [5, 5.41) is 44.0. The monoisotopic (exact) mass is 1400 g/mol. The lowest BCUT2D eigenvalue weighted by Gasteiger charge is -2.31. The van der Waals surface area contributed by atoms with Gasteiger partial charge in [0.05, 0.1) is 6.04 Å². The molecule has 98 heavy (non-hydrogen) atoms. The Labute approximate surface area is 576 Å². The minimum atomic E-state index is -1.59. The third-order valence-electron chi connectivity index (χ3n) is 16.1. The van der Waals surface area contributed by atoms with Gasteiger partial charge in [-0.05, 0) is 143 Å². The van der Waals surface area contributed by atoms with Crippen LogP contribution in [0.15, 0.2) is 81.7 Å². The molecular weight excluding hydrogens is 1310 g/mol. The van der Waals surface area contributed by atoms with Gasteiger partial charge in [0.1, 0.15) is 60.1 Å². The molecule has 3 aromatic carbocycles. The molecule has 0 spiro atoms. The van der Waals surface area contributed by atoms with Crippen LogP contribution in [0.1, 0.15) is 101 Å². The lowest BCUT2D eigenvalue weighted by molar-refractivity contribution is -0.143. The molecular formula is C63H97N21O12S2. The molecule has 9 amide bonds. The van der Waals surface area contributed by atoms with Gasteiger partial charge < -0.3 is 109 Å². The molecule has 3 aromatic rings. The number of carbonyl (C=O) groups excluding carboxylic acids is 9. The Kier molecular flexibility index (Phi) is 33.9. The average molecular weight is 1400 g/mol. The molecule has 2 aliphatic heterocycles. The average Bonchev–Trinajstić information content (AvgIpc) is 1.56. The number of benzene rings is 3. The first-order valence-electron chi connectivity index (χ1n) is 32.7. The number of amides is 9. The minimum Gasteiger partial charge on any atom is -0.508 e. The van der Waals surface area contributed by atoms with Crippen LogP contribution in [0.2, 0.25) is 0 Å². The summed E-state index contributed by atoms with van der Waals surface area (Å²) >= 11 is 0. The van der Waals surface area contributed by atoms with Crippen molar-refractivity contribution in [2.45, 2.75) is 163 Å². The number of aliphatic imine (C=N–C) groups is 3. The van der Waals surface area contributed by atoms with Gasteiger partial charge in [-0.25, -0.2) is 4.79 Å². The topological polar surface area (TPSA) is 582 Å². The highest BCUT2D eigenvalue weighted by Crippen LogP contribution is 2.26. The van der Waals surface area contributed by atoms with Gasteiger partial charge in [0.25, 0.3) is 0 Å². The number of aromatic hydroxyl groups is 1. The van der Waals surface area contributed by atoms with E-state index in [4.69, 9.17) is 51.6 Å². The number of carbonyl (C=O) groups is 10. The zero-order valence-corrected chi connectivity index (χ0v) is 56.5. The number of nitrogens with one attached hydrogen (secondary N) is 8. The third-order valence-corrected chi connectivity index (χ3v) is 18.6. The van der Waals surface area contributed by atoms with Gasteiger partial charge in [-0.2, -0.15) is 0 Å². The van der Waals surface area contributed by atoms with E-state index in [1.165, 1.54) is 29.2 Å². The molecule has 0 unspecified atom stereocenters. The number of guanidine groups is 3. The second-order valence-electron chi connectivity index (χ2n) is 23.9. The molecule has 33 nitrogen and oxygen atoms in total. The quantitative estimate of drug-likeness (QED) is 0.0121. The molecule has 0 bridgehead atoms. The van der Waals surface area contributed by atoms with Gasteiger partial charge in [-0.1, -0.05) is 76.2 Å². The number of aliphatic carboxylic acids is 1. The Balaban J connectivity index is 1.56. The van der Waals surface area contributed by atoms with Crippen molar-refractivity contribution < 1.29 is 58.2 Å². The summed E-state index contributed by atoms with van der Waals surface area (Å²) in [5.74, 6) is -10.4. The van der Waals surface area contributed by atoms with Gasteiger partial charge in [0.2, 0.25) is 53.2 Å². The van der Waals surface area contributed by atoms with E-state index in [1.807, 2.05) is 42.5 Å². The molecule has 28 N–H and O–H groups in total. The number of fused-ring (bicyclic) bond motifs is 2. The molecule has 0 aromatic heterocycles. The summed E-state index contributed by atoms with van der Waals surface area (Å²) in [6.07, 6.45) is 1.96. The summed E-state index contributed by atoms with van der Waals surface area (Å²) in [7, 11) is 1.83. The number of carboxylic acid groups (broad SMARTS) is 1. The van der Waals surface area contributed by atoms with Crippen LogP contribution in [0.5, 0.6) is 5.75 Å². The fraction of sp³-hybridized carbons (Fsp3) is 0.540. The Morgan fingerprint density at radius 2 is 1.11 bits per heavy atom. The standard InChI is InChI=1S/C63H97N21O12S2/c64-25-5-3-13-42-53(88)79-45(14-4-6-26-65)59(94)84-30-10-18-50(84)58(93)81-47(33-36-20-23-40(85)24-21-36)55(90)83-49(57(92)80-46(60(95)96)17-9-29-75-63(71)72)35-98-97-34-48(56(91)78-42)82-54(89)44(16-8-28-74-62(69)70)77-52(87)43(15-7-27-73-61(67)68)76-51(86)41(66)32-37-19-22-38-11-1-2-12-39(38)31-37/h1-2,11-12,19-24,31,41-50,85H,3-10,13-18,25-30,32-35,64-66H2,(H,76,86)(H,77,87)(H,78,91)(H,79,88)(H,80,92)(H,81,93)(H,82,89)(H,83,90)(H,95,96)(H4,67,68,73)(H4,69,70,74)(H4,71,72,75)/t41-,42-,43-,44-,45+,46-,47-,48-,49-,50-/m0/s1. The van der Waals surface area contributed by atoms with E-state index in [9.17, 15) is 53.4 Å². The maximum absolute atomic E-state index is 15.1. The van der Waals surface area contributed by atoms with Crippen molar-refractivity contribution in [1.29, 1.82) is 0 Å². The number of rotatable bonds is 33. The second kappa shape index (κ2) is 41.8. The van der Waals surface area contributed by atoms with Gasteiger partial charge >= 0.3 is 5.97 Å². The Bertz CT molecular complexity index is 3260. The van der Waals surface area contributed by atoms with Gasteiger partial charge in [0.15, 0.2) is 17.9 Å². The first-order chi connectivity index (χ1) is 46.9. The van der Waals surface area contributed by atoms with Crippen molar-refractivity contribution in [3.8, 4) is 5.75 Å². The van der Waals surface area contributed by atoms with Crippen LogP contribution in [0, 0.1) is 0 Å². The minimum absolute atomic E-state index is 0.00793. The van der Waals surface area contributed by atoms with E-state index < -0.39 is 120 Å². The van der Waals surface area contributed by atoms with Crippen molar-refractivity contribution in [1.82, 2.24) is 47.4 Å². The maximum Gasteiger partial charge on any atom is 0.326 e. The molecule has 2 aliphatic rings. The van der Waals surface area contributed by atoms with Crippen molar-refractivity contribution in [3.05, 3.63) is 77.9 Å². The predicted molar refractivity (Wildman–Crippen MR) is 376 cm³/mol. The number of hydrogen-bond acceptors (Lipinski definition) is 19. The van der Waals surface area contributed by atoms with Crippen LogP contribution in [0.3, 0.4) is 0 Å². The van der Waals surface area contributed by atoms with E-state index in [1.54, 1.807) is 0 Å². The number of carboxylic acids is 1. The van der Waals surface area contributed by atoms with Crippen LogP contribution in [0.25, 0.3) is 10.8 Å². The number of nitrogens with zero attached hydrogens (tertiary/aromatic N) is 4. The molecule has 0 saturated carbocycles. The zero-order valence-electron chi connectivity index (χ0n) is 54.9. The molecule has 0 aliphatic carbocycles. The van der Waals surface area contributed by atoms with E-state index in [2.05, 4.69) is 57.5 Å². The summed E-state index contributed by atoms with van der Waals surface area (Å²) in [6.45, 7) is 0.595. The molecule has 5 rings (SSSR count). The van der Waals surface area contributed by atoms with Crippen molar-refractivity contribution >= 4 is 109 Å². The summed E-state index contributed by atoms with van der Waals surface area (Å²) in [6, 6.07) is 5.18. The molecule has 2 heterocycles. The third kappa shape index (κ3) is 27.4. The normalized spacial score (nSPS) is 20.0. The molecule has 2 fully saturated rings. The largest absolute Gasteiger partial charge is 0.508 e. The lowest BCUT2D eigenvalue weighted by Crippen LogP contribution is -2.61. The smallest absolute Gasteiger partial charge is 0.326 e. The molecule has 538 valence electrons. The van der Waals surface area contributed by atoms with E-state index in [0.717, 1.165) is 37.9 Å². The van der Waals surface area contributed by atoms with Crippen LogP contribution in [-0.2, 0) is 60.8 Å². The van der Waals surface area contributed by atoms with Crippen LogP contribution < -0.4 is 94.1 Å². The van der Waals surface area contributed by atoms with Crippen LogP contribution >= 0.6 is 21.6 Å². The Hall–Kier alpha value is -9.19. The van der Waals surface area contributed by atoms with Crippen molar-refractivity contribution in [2.24, 2.45) is 66.6 Å². The number of phenols is 1. The zero-order chi connectivity index (χ0) is 71.7. The predicted octanol–water partition coefficient (Wildman–Crippen LogP) is -3.57. The first kappa shape index (κ1) is 79.5. The highest BCUT2D eigenvalue weighted by Gasteiger charge is 2.41. The fourth-order valence-electron chi connectivity index (χ4n) is 10.9. The summed E-state index contributed by atoms with van der Waals surface area (Å²) in [5.41, 5.74) is 52.9.